The molecule has 1 aliphatic heterocycles. The molecule has 2 fully saturated rings. The van der Waals surface area contributed by atoms with Crippen LogP contribution in [0.3, 0.4) is 0 Å². The number of aliphatic carboxylic acids is 1. The number of carboxylic acids is 1. The van der Waals surface area contributed by atoms with Gasteiger partial charge in [-0.3, -0.25) is 14.4 Å². The molecule has 1 heterocycles. The summed E-state index contributed by atoms with van der Waals surface area (Å²) in [5.41, 5.74) is 0.00910. The van der Waals surface area contributed by atoms with Crippen molar-refractivity contribution < 1.29 is 24.2 Å². The largest absolute Gasteiger partial charge is 0.480 e. The molecule has 0 aromatic carbocycles. The Bertz CT molecular complexity index is 535. The van der Waals surface area contributed by atoms with E-state index in [1.54, 1.807) is 0 Å². The lowest BCUT2D eigenvalue weighted by Gasteiger charge is -2.34. The Kier molecular flexibility index (Phi) is 3.22. The number of hydrogen-bond acceptors (Lipinski definition) is 5. The van der Waals surface area contributed by atoms with Crippen LogP contribution >= 0.6 is 0 Å². The van der Waals surface area contributed by atoms with Crippen molar-refractivity contribution in [2.45, 2.75) is 57.0 Å². The maximum absolute atomic E-state index is 12.5. The van der Waals surface area contributed by atoms with Crippen LogP contribution in [-0.4, -0.2) is 34.3 Å². The normalized spacial score (nSPS) is 30.3. The molecule has 1 unspecified atom stereocenters. The first-order valence-corrected chi connectivity index (χ1v) is 7.36. The second kappa shape index (κ2) is 4.82. The van der Waals surface area contributed by atoms with Crippen LogP contribution in [0.1, 0.15) is 51.4 Å². The van der Waals surface area contributed by atoms with Gasteiger partial charge in [0, 0.05) is 6.42 Å². The Labute approximate surface area is 121 Å². The molecule has 3 aliphatic rings. The zero-order valence-corrected chi connectivity index (χ0v) is 11.7. The molecule has 0 spiro atoms. The summed E-state index contributed by atoms with van der Waals surface area (Å²) in [6.45, 7) is 0. The van der Waals surface area contributed by atoms with Crippen molar-refractivity contribution in [3.05, 3.63) is 0 Å². The van der Waals surface area contributed by atoms with Gasteiger partial charge in [-0.2, -0.15) is 5.10 Å². The molecule has 1 atom stereocenters. The van der Waals surface area contributed by atoms with E-state index in [4.69, 9.17) is 4.74 Å². The molecule has 114 valence electrons. The molecule has 2 N–H and O–H groups in total. The van der Waals surface area contributed by atoms with Gasteiger partial charge in [0.2, 0.25) is 5.60 Å². The van der Waals surface area contributed by atoms with E-state index in [1.807, 2.05) is 0 Å². The Morgan fingerprint density at radius 3 is 2.48 bits per heavy atom. The lowest BCUT2D eigenvalue weighted by Crippen LogP contribution is -2.54. The first-order valence-electron chi connectivity index (χ1n) is 7.36. The average molecular weight is 294 g/mol. The third kappa shape index (κ3) is 1.94. The SMILES string of the molecule is O=C(O)C1(C(=O)OC23CCCCC2=NNC3=O)CCCC1. The van der Waals surface area contributed by atoms with Gasteiger partial charge in [-0.05, 0) is 32.1 Å². The Hall–Kier alpha value is -1.92. The maximum Gasteiger partial charge on any atom is 0.324 e. The Balaban J connectivity index is 1.88. The van der Waals surface area contributed by atoms with E-state index in [1.165, 1.54) is 0 Å². The standard InChI is InChI=1S/C14H18N2O5/c17-10-14(8-2-1-5-9(14)15-16-10)21-12(20)13(11(18)19)6-3-4-7-13/h1-8H2,(H,16,17)(H,18,19). The highest BCUT2D eigenvalue weighted by molar-refractivity contribution is 6.17. The van der Waals surface area contributed by atoms with Crippen molar-refractivity contribution in [3.63, 3.8) is 0 Å². The highest BCUT2D eigenvalue weighted by Gasteiger charge is 2.57. The smallest absolute Gasteiger partial charge is 0.324 e. The number of rotatable bonds is 3. The van der Waals surface area contributed by atoms with Crippen LogP contribution in [0, 0.1) is 5.41 Å². The summed E-state index contributed by atoms with van der Waals surface area (Å²) in [5, 5.41) is 13.4. The van der Waals surface area contributed by atoms with E-state index in [-0.39, 0.29) is 12.8 Å². The van der Waals surface area contributed by atoms with Crippen molar-refractivity contribution in [1.82, 2.24) is 5.43 Å². The summed E-state index contributed by atoms with van der Waals surface area (Å²) in [7, 11) is 0. The highest BCUT2D eigenvalue weighted by Crippen LogP contribution is 2.42. The van der Waals surface area contributed by atoms with Crippen molar-refractivity contribution in [2.75, 3.05) is 0 Å². The van der Waals surface area contributed by atoms with E-state index in [0.29, 0.717) is 31.4 Å². The molecule has 3 rings (SSSR count). The van der Waals surface area contributed by atoms with Crippen LogP contribution in [0.4, 0.5) is 0 Å². The number of carboxylic acid groups (broad SMARTS) is 1. The molecular formula is C14H18N2O5. The number of fused-ring (bicyclic) bond motifs is 1. The molecule has 2 aliphatic carbocycles. The summed E-state index contributed by atoms with van der Waals surface area (Å²) in [6.07, 6.45) is 4.50. The van der Waals surface area contributed by atoms with E-state index in [0.717, 1.165) is 12.8 Å². The summed E-state index contributed by atoms with van der Waals surface area (Å²) in [6, 6.07) is 0. The van der Waals surface area contributed by atoms with E-state index >= 15 is 0 Å². The Morgan fingerprint density at radius 2 is 1.81 bits per heavy atom. The number of carbonyl (C=O) groups is 3. The van der Waals surface area contributed by atoms with Gasteiger partial charge in [0.15, 0.2) is 5.41 Å². The minimum absolute atomic E-state index is 0.269. The number of nitrogens with zero attached hydrogens (tertiary/aromatic N) is 1. The average Bonchev–Trinajstić information content (AvgIpc) is 3.06. The third-order valence-corrected chi connectivity index (χ3v) is 4.84. The number of nitrogens with one attached hydrogen (secondary N) is 1. The molecule has 1 amide bonds. The lowest BCUT2D eigenvalue weighted by molar-refractivity contribution is -0.178. The van der Waals surface area contributed by atoms with Gasteiger partial charge >= 0.3 is 11.9 Å². The second-order valence-electron chi connectivity index (χ2n) is 6.02. The molecule has 0 radical (unpaired) electrons. The summed E-state index contributed by atoms with van der Waals surface area (Å²) >= 11 is 0. The minimum atomic E-state index is -1.50. The minimum Gasteiger partial charge on any atom is -0.480 e. The van der Waals surface area contributed by atoms with Crippen molar-refractivity contribution in [3.8, 4) is 0 Å². The van der Waals surface area contributed by atoms with Crippen molar-refractivity contribution >= 4 is 23.6 Å². The number of carbonyl (C=O) groups excluding carboxylic acids is 2. The first-order chi connectivity index (χ1) is 10.0. The van der Waals surface area contributed by atoms with Gasteiger partial charge in [-0.1, -0.05) is 12.8 Å². The number of hydrogen-bond donors (Lipinski definition) is 2. The van der Waals surface area contributed by atoms with Gasteiger partial charge in [-0.25, -0.2) is 5.43 Å². The van der Waals surface area contributed by atoms with Crippen LogP contribution in [0.15, 0.2) is 5.10 Å². The summed E-state index contributed by atoms with van der Waals surface area (Å²) in [4.78, 5) is 36.2. The van der Waals surface area contributed by atoms with Gasteiger partial charge < -0.3 is 9.84 Å². The first kappa shape index (κ1) is 14.0. The maximum atomic E-state index is 12.5. The fourth-order valence-corrected chi connectivity index (χ4v) is 3.51. The van der Waals surface area contributed by atoms with E-state index in [2.05, 4.69) is 10.5 Å². The zero-order valence-electron chi connectivity index (χ0n) is 11.7. The van der Waals surface area contributed by atoms with Crippen molar-refractivity contribution in [2.24, 2.45) is 10.5 Å². The van der Waals surface area contributed by atoms with Gasteiger partial charge in [0.1, 0.15) is 0 Å². The zero-order chi connectivity index (χ0) is 15.1. The van der Waals surface area contributed by atoms with Gasteiger partial charge in [0.25, 0.3) is 5.91 Å². The number of hydrazone groups is 1. The molecule has 0 saturated heterocycles. The van der Waals surface area contributed by atoms with E-state index < -0.39 is 28.9 Å². The number of ether oxygens (including phenoxy) is 1. The molecule has 0 aromatic rings. The number of amides is 1. The molecule has 0 bridgehead atoms. The predicted octanol–water partition coefficient (Wildman–Crippen LogP) is 0.973. The van der Waals surface area contributed by atoms with Crippen LogP contribution in [0.25, 0.3) is 0 Å². The van der Waals surface area contributed by atoms with Crippen LogP contribution in [-0.2, 0) is 19.1 Å². The summed E-state index contributed by atoms with van der Waals surface area (Å²) in [5.74, 6) is -2.41. The Morgan fingerprint density at radius 1 is 1.14 bits per heavy atom. The van der Waals surface area contributed by atoms with Gasteiger partial charge in [-0.15, -0.1) is 0 Å². The van der Waals surface area contributed by atoms with Crippen LogP contribution < -0.4 is 5.43 Å². The third-order valence-electron chi connectivity index (χ3n) is 4.84. The molecular weight excluding hydrogens is 276 g/mol. The lowest BCUT2D eigenvalue weighted by atomic mass is 9.81. The molecule has 2 saturated carbocycles. The molecule has 7 nitrogen and oxygen atoms in total. The topological polar surface area (TPSA) is 105 Å². The molecule has 7 heteroatoms. The monoisotopic (exact) mass is 294 g/mol. The second-order valence-corrected chi connectivity index (χ2v) is 6.02. The fourth-order valence-electron chi connectivity index (χ4n) is 3.51. The predicted molar refractivity (Wildman–Crippen MR) is 71.4 cm³/mol. The quantitative estimate of drug-likeness (QED) is 0.596. The number of esters is 1. The van der Waals surface area contributed by atoms with Crippen molar-refractivity contribution in [1.29, 1.82) is 0 Å². The molecule has 21 heavy (non-hydrogen) atoms. The van der Waals surface area contributed by atoms with E-state index in [9.17, 15) is 19.5 Å². The van der Waals surface area contributed by atoms with Crippen LogP contribution in [0.5, 0.6) is 0 Å². The highest BCUT2D eigenvalue weighted by atomic mass is 16.6. The molecule has 0 aromatic heterocycles. The fraction of sp³-hybridized carbons (Fsp3) is 0.714. The summed E-state index contributed by atoms with van der Waals surface area (Å²) < 4.78 is 5.50. The van der Waals surface area contributed by atoms with Crippen LogP contribution in [0.2, 0.25) is 0 Å². The van der Waals surface area contributed by atoms with Gasteiger partial charge in [0.05, 0.1) is 5.71 Å².